The van der Waals surface area contributed by atoms with E-state index >= 15 is 0 Å². The Morgan fingerprint density at radius 2 is 2.04 bits per heavy atom. The van der Waals surface area contributed by atoms with Gasteiger partial charge in [-0.25, -0.2) is 4.98 Å². The van der Waals surface area contributed by atoms with Gasteiger partial charge in [-0.2, -0.15) is 15.0 Å². The van der Waals surface area contributed by atoms with Crippen LogP contribution in [0.2, 0.25) is 0 Å². The number of aromatic nitrogens is 5. The first-order chi connectivity index (χ1) is 11.4. The van der Waals surface area contributed by atoms with Crippen LogP contribution in [0, 0.1) is 0 Å². The Kier molecular flexibility index (Phi) is 4.41. The predicted octanol–water partition coefficient (Wildman–Crippen LogP) is 1.68. The monoisotopic (exact) mass is 363 g/mol. The molecule has 0 saturated heterocycles. The minimum absolute atomic E-state index is 0.0555. The van der Waals surface area contributed by atoms with Crippen molar-refractivity contribution in [1.82, 2.24) is 24.5 Å². The normalized spacial score (nSPS) is 12.5. The summed E-state index contributed by atoms with van der Waals surface area (Å²) in [5.41, 5.74) is 5.72. The molecule has 1 atom stereocenters. The van der Waals surface area contributed by atoms with E-state index in [4.69, 9.17) is 5.73 Å². The van der Waals surface area contributed by atoms with Gasteiger partial charge < -0.3 is 10.6 Å². The van der Waals surface area contributed by atoms with Crippen LogP contribution in [0.25, 0.3) is 10.2 Å². The van der Waals surface area contributed by atoms with Gasteiger partial charge in [0, 0.05) is 21.1 Å². The van der Waals surface area contributed by atoms with E-state index in [1.807, 2.05) is 26.4 Å². The summed E-state index contributed by atoms with van der Waals surface area (Å²) in [4.78, 5) is 32.2. The van der Waals surface area contributed by atoms with E-state index in [0.717, 1.165) is 4.83 Å². The fourth-order valence-corrected chi connectivity index (χ4v) is 3.80. The fourth-order valence-electron chi connectivity index (χ4n) is 2.08. The minimum atomic E-state index is -0.135. The molecule has 0 bridgehead atoms. The van der Waals surface area contributed by atoms with Crippen LogP contribution >= 0.6 is 23.1 Å². The molecule has 3 aromatic rings. The van der Waals surface area contributed by atoms with Crippen LogP contribution in [0.4, 0.5) is 11.9 Å². The first-order valence-electron chi connectivity index (χ1n) is 7.16. The molecule has 0 spiro atoms. The number of nitrogens with two attached hydrogens (primary N) is 1. The van der Waals surface area contributed by atoms with Gasteiger partial charge in [0.1, 0.15) is 10.7 Å². The number of thioether (sulfide) groups is 1. The summed E-state index contributed by atoms with van der Waals surface area (Å²) in [5.74, 6) is 1.23. The molecule has 3 aromatic heterocycles. The minimum Gasteiger partial charge on any atom is -0.368 e. The Hall–Kier alpha value is -2.20. The second-order valence-corrected chi connectivity index (χ2v) is 7.61. The first-order valence-corrected chi connectivity index (χ1v) is 8.92. The van der Waals surface area contributed by atoms with Gasteiger partial charge in [0.25, 0.3) is 5.56 Å². The molecule has 0 aliphatic rings. The molecule has 0 aliphatic heterocycles. The zero-order valence-corrected chi connectivity index (χ0v) is 15.4. The smallest absolute Gasteiger partial charge is 0.262 e. The lowest BCUT2D eigenvalue weighted by atomic mass is 10.4. The number of hydrogen-bond donors (Lipinski definition) is 1. The molecule has 0 aromatic carbocycles. The molecule has 0 amide bonds. The largest absolute Gasteiger partial charge is 0.368 e. The first kappa shape index (κ1) is 16.7. The number of anilines is 2. The molecule has 10 heteroatoms. The quantitative estimate of drug-likeness (QED) is 0.552. The summed E-state index contributed by atoms with van der Waals surface area (Å²) < 4.78 is 1.55. The van der Waals surface area contributed by atoms with Crippen LogP contribution < -0.4 is 16.2 Å². The average molecular weight is 363 g/mol. The summed E-state index contributed by atoms with van der Waals surface area (Å²) in [5, 5.41) is 2.99. The van der Waals surface area contributed by atoms with Crippen molar-refractivity contribution in [2.75, 3.05) is 24.7 Å². The van der Waals surface area contributed by atoms with Gasteiger partial charge in [0.2, 0.25) is 11.9 Å². The molecule has 0 unspecified atom stereocenters. The van der Waals surface area contributed by atoms with E-state index in [2.05, 4.69) is 19.9 Å². The molecule has 8 nitrogen and oxygen atoms in total. The molecule has 0 saturated carbocycles. The topological polar surface area (TPSA) is 103 Å². The molecule has 0 radical (unpaired) electrons. The fraction of sp³-hybridized carbons (Fsp3) is 0.357. The van der Waals surface area contributed by atoms with Crippen LogP contribution in [0.15, 0.2) is 21.4 Å². The maximum atomic E-state index is 12.4. The third kappa shape index (κ3) is 3.06. The van der Waals surface area contributed by atoms with Crippen molar-refractivity contribution in [3.8, 4) is 0 Å². The van der Waals surface area contributed by atoms with Gasteiger partial charge in [0.15, 0.2) is 5.16 Å². The molecule has 126 valence electrons. The Morgan fingerprint density at radius 1 is 1.29 bits per heavy atom. The van der Waals surface area contributed by atoms with Crippen molar-refractivity contribution in [3.05, 3.63) is 27.6 Å². The number of rotatable bonds is 4. The van der Waals surface area contributed by atoms with Crippen LogP contribution in [-0.2, 0) is 7.05 Å². The second kappa shape index (κ2) is 6.36. The summed E-state index contributed by atoms with van der Waals surface area (Å²) >= 11 is 2.87. The van der Waals surface area contributed by atoms with Crippen molar-refractivity contribution < 1.29 is 0 Å². The Labute approximate surface area is 146 Å². The zero-order chi connectivity index (χ0) is 17.4. The zero-order valence-electron chi connectivity index (χ0n) is 13.7. The predicted molar refractivity (Wildman–Crippen MR) is 97.7 cm³/mol. The van der Waals surface area contributed by atoms with Crippen molar-refractivity contribution >= 4 is 45.2 Å². The summed E-state index contributed by atoms with van der Waals surface area (Å²) in [7, 11) is 5.40. The van der Waals surface area contributed by atoms with Crippen molar-refractivity contribution in [3.63, 3.8) is 0 Å². The molecule has 0 fully saturated rings. The third-order valence-electron chi connectivity index (χ3n) is 3.37. The highest BCUT2D eigenvalue weighted by molar-refractivity contribution is 7.99. The SMILES string of the molecule is C[C@@H](Sc1nc2sccc2c(=O)n1C)c1nc(N)nc(N(C)C)n1. The molecular weight excluding hydrogens is 346 g/mol. The number of fused-ring (bicyclic) bond motifs is 1. The maximum absolute atomic E-state index is 12.4. The number of nitrogens with zero attached hydrogens (tertiary/aromatic N) is 6. The van der Waals surface area contributed by atoms with Gasteiger partial charge in [-0.05, 0) is 18.4 Å². The summed E-state index contributed by atoms with van der Waals surface area (Å²) in [6, 6.07) is 1.79. The van der Waals surface area contributed by atoms with E-state index in [0.29, 0.717) is 22.3 Å². The summed E-state index contributed by atoms with van der Waals surface area (Å²) in [6.07, 6.45) is 0. The van der Waals surface area contributed by atoms with E-state index < -0.39 is 0 Å². The number of nitrogen functional groups attached to an aromatic ring is 1. The third-order valence-corrected chi connectivity index (χ3v) is 5.31. The van der Waals surface area contributed by atoms with E-state index in [9.17, 15) is 4.79 Å². The van der Waals surface area contributed by atoms with Gasteiger partial charge in [-0.15, -0.1) is 11.3 Å². The highest BCUT2D eigenvalue weighted by Gasteiger charge is 2.18. The summed E-state index contributed by atoms with van der Waals surface area (Å²) in [6.45, 7) is 1.95. The number of hydrogen-bond acceptors (Lipinski definition) is 9. The molecule has 3 heterocycles. The van der Waals surface area contributed by atoms with E-state index in [1.54, 1.807) is 22.6 Å². The second-order valence-electron chi connectivity index (χ2n) is 5.40. The number of thiophene rings is 1. The van der Waals surface area contributed by atoms with E-state index in [1.165, 1.54) is 23.1 Å². The molecule has 0 aliphatic carbocycles. The lowest BCUT2D eigenvalue weighted by molar-refractivity contribution is 0.723. The van der Waals surface area contributed by atoms with Gasteiger partial charge in [-0.1, -0.05) is 11.8 Å². The van der Waals surface area contributed by atoms with Crippen LogP contribution in [0.3, 0.4) is 0 Å². The molecule has 2 N–H and O–H groups in total. The Balaban J connectivity index is 1.97. The molecule has 24 heavy (non-hydrogen) atoms. The van der Waals surface area contributed by atoms with Crippen LogP contribution in [-0.4, -0.2) is 38.6 Å². The van der Waals surface area contributed by atoms with Crippen molar-refractivity contribution in [2.24, 2.45) is 7.05 Å². The highest BCUT2D eigenvalue weighted by atomic mass is 32.2. The van der Waals surface area contributed by atoms with Gasteiger partial charge in [-0.3, -0.25) is 9.36 Å². The standard InChI is InChI=1S/C14H17N7OS2/c1-7(9-16-12(15)19-13(17-9)20(2)3)24-14-18-10-8(5-6-23-10)11(22)21(14)4/h5-7H,1-4H3,(H2,15,16,17,19)/t7-/m1/s1. The average Bonchev–Trinajstić information content (AvgIpc) is 3.00. The molecular formula is C14H17N7OS2. The van der Waals surface area contributed by atoms with Crippen LogP contribution in [0.1, 0.15) is 18.0 Å². The van der Waals surface area contributed by atoms with Crippen molar-refractivity contribution in [2.45, 2.75) is 17.3 Å². The Morgan fingerprint density at radius 3 is 2.75 bits per heavy atom. The van der Waals surface area contributed by atoms with Gasteiger partial charge >= 0.3 is 0 Å². The lowest BCUT2D eigenvalue weighted by Gasteiger charge is -2.15. The maximum Gasteiger partial charge on any atom is 0.262 e. The van der Waals surface area contributed by atoms with Gasteiger partial charge in [0.05, 0.1) is 10.6 Å². The lowest BCUT2D eigenvalue weighted by Crippen LogP contribution is -2.20. The van der Waals surface area contributed by atoms with Crippen molar-refractivity contribution in [1.29, 1.82) is 0 Å². The Bertz CT molecular complexity index is 950. The van der Waals surface area contributed by atoms with Crippen LogP contribution in [0.5, 0.6) is 0 Å². The highest BCUT2D eigenvalue weighted by Crippen LogP contribution is 2.32. The van der Waals surface area contributed by atoms with E-state index in [-0.39, 0.29) is 16.8 Å². The molecule has 3 rings (SSSR count).